The van der Waals surface area contributed by atoms with E-state index in [4.69, 9.17) is 13.4 Å². The van der Waals surface area contributed by atoms with E-state index in [1.807, 2.05) is 26.5 Å². The highest BCUT2D eigenvalue weighted by Gasteiger charge is 2.32. The summed E-state index contributed by atoms with van der Waals surface area (Å²) in [6.07, 6.45) is 1.90. The summed E-state index contributed by atoms with van der Waals surface area (Å²) in [6, 6.07) is 0. The van der Waals surface area contributed by atoms with Crippen molar-refractivity contribution in [1.29, 1.82) is 0 Å². The van der Waals surface area contributed by atoms with Gasteiger partial charge in [0.2, 0.25) is 0 Å². The van der Waals surface area contributed by atoms with Crippen molar-refractivity contribution in [2.45, 2.75) is 20.4 Å². The number of hydrogen-bond donors (Lipinski definition) is 1. The smallest absolute Gasteiger partial charge is 0.376 e. The molecule has 12 heavy (non-hydrogen) atoms. The predicted molar refractivity (Wildman–Crippen MR) is 49.3 cm³/mol. The maximum Gasteiger partial charge on any atom is 0.519 e. The van der Waals surface area contributed by atoms with Crippen LogP contribution < -0.4 is 5.48 Å². The highest BCUT2D eigenvalue weighted by Crippen LogP contribution is 2.04. The zero-order chi connectivity index (χ0) is 9.61. The minimum Gasteiger partial charge on any atom is -0.376 e. The van der Waals surface area contributed by atoms with E-state index in [-0.39, 0.29) is 0 Å². The number of hydroxylamine groups is 1. The molecule has 0 aliphatic rings. The second-order valence-electron chi connectivity index (χ2n) is 2.45. The normalized spacial score (nSPS) is 13.2. The third-order valence-corrected chi connectivity index (χ3v) is 3.53. The van der Waals surface area contributed by atoms with Gasteiger partial charge >= 0.3 is 8.80 Å². The molecule has 72 valence electrons. The summed E-state index contributed by atoms with van der Waals surface area (Å²) in [7, 11) is 0.715. The van der Waals surface area contributed by atoms with E-state index in [1.54, 1.807) is 14.2 Å². The first-order valence-corrected chi connectivity index (χ1v) is 5.97. The molecule has 0 aromatic carbocycles. The molecule has 0 fully saturated rings. The van der Waals surface area contributed by atoms with Gasteiger partial charge in [0, 0.05) is 26.5 Å². The summed E-state index contributed by atoms with van der Waals surface area (Å²) in [4.78, 5) is 0. The molecule has 0 unspecified atom stereocenters. The fourth-order valence-corrected chi connectivity index (χ4v) is 1.08. The Morgan fingerprint density at radius 3 is 2.17 bits per heavy atom. The second-order valence-corrected chi connectivity index (χ2v) is 5.19. The van der Waals surface area contributed by atoms with Crippen molar-refractivity contribution in [3.05, 3.63) is 11.8 Å². The highest BCUT2D eigenvalue weighted by atomic mass is 28.4. The quantitative estimate of drug-likeness (QED) is 0.525. The molecule has 0 spiro atoms. The van der Waals surface area contributed by atoms with Crippen molar-refractivity contribution >= 4 is 8.80 Å². The van der Waals surface area contributed by atoms with Crippen molar-refractivity contribution in [2.75, 3.05) is 14.2 Å². The zero-order valence-electron chi connectivity index (χ0n) is 8.30. The molecular formula is C7H17NO3Si. The standard InChI is InChI=1S/C7H17NO3Si/c1-6-7(2)8-11-12(5,9-3)10-4/h6,8H,1-5H3. The lowest BCUT2D eigenvalue weighted by Gasteiger charge is -2.22. The van der Waals surface area contributed by atoms with Crippen LogP contribution >= 0.6 is 0 Å². The fraction of sp³-hybridized carbons (Fsp3) is 0.714. The SMILES string of the molecule is CC=C(C)NO[Si](C)(OC)OC. The van der Waals surface area contributed by atoms with Gasteiger partial charge in [0.05, 0.1) is 0 Å². The Labute approximate surface area is 74.8 Å². The van der Waals surface area contributed by atoms with Gasteiger partial charge in [-0.1, -0.05) is 6.08 Å². The van der Waals surface area contributed by atoms with Crippen LogP contribution in [0.5, 0.6) is 0 Å². The fourth-order valence-electron chi connectivity index (χ4n) is 0.399. The van der Waals surface area contributed by atoms with Gasteiger partial charge in [-0.25, -0.2) is 0 Å². The largest absolute Gasteiger partial charge is 0.519 e. The topological polar surface area (TPSA) is 39.7 Å². The number of allylic oxidation sites excluding steroid dienone is 2. The molecule has 0 radical (unpaired) electrons. The molecule has 0 saturated heterocycles. The van der Waals surface area contributed by atoms with Crippen LogP contribution in [0.3, 0.4) is 0 Å². The molecule has 0 bridgehead atoms. The van der Waals surface area contributed by atoms with E-state index < -0.39 is 8.80 Å². The molecule has 0 atom stereocenters. The molecule has 0 rings (SSSR count). The van der Waals surface area contributed by atoms with E-state index in [0.29, 0.717) is 0 Å². The minimum atomic E-state index is -2.43. The second kappa shape index (κ2) is 5.31. The molecule has 4 nitrogen and oxygen atoms in total. The predicted octanol–water partition coefficient (Wildman–Crippen LogP) is 1.29. The number of rotatable bonds is 5. The average molecular weight is 191 g/mol. The van der Waals surface area contributed by atoms with Gasteiger partial charge in [-0.2, -0.15) is 0 Å². The van der Waals surface area contributed by atoms with Crippen LogP contribution in [0.2, 0.25) is 6.55 Å². The summed E-state index contributed by atoms with van der Waals surface area (Å²) in [6.45, 7) is 5.63. The van der Waals surface area contributed by atoms with Crippen LogP contribution in [0, 0.1) is 0 Å². The Morgan fingerprint density at radius 1 is 1.33 bits per heavy atom. The Bertz CT molecular complexity index is 157. The first-order valence-electron chi connectivity index (χ1n) is 3.75. The summed E-state index contributed by atoms with van der Waals surface area (Å²) in [5, 5.41) is 0. The van der Waals surface area contributed by atoms with E-state index in [2.05, 4.69) is 5.48 Å². The van der Waals surface area contributed by atoms with Crippen LogP contribution in [-0.2, 0) is 13.4 Å². The summed E-state index contributed by atoms with van der Waals surface area (Å²) in [5.41, 5.74) is 3.68. The third kappa shape index (κ3) is 3.87. The molecule has 0 aromatic rings. The van der Waals surface area contributed by atoms with E-state index in [1.165, 1.54) is 0 Å². The molecule has 0 aliphatic heterocycles. The molecule has 1 N–H and O–H groups in total. The lowest BCUT2D eigenvalue weighted by Crippen LogP contribution is -2.44. The highest BCUT2D eigenvalue weighted by molar-refractivity contribution is 6.58. The van der Waals surface area contributed by atoms with Crippen molar-refractivity contribution in [2.24, 2.45) is 0 Å². The lowest BCUT2D eigenvalue weighted by atomic mass is 10.5. The monoisotopic (exact) mass is 191 g/mol. The average Bonchev–Trinajstić information content (AvgIpc) is 2.13. The first kappa shape index (κ1) is 11.6. The Hall–Kier alpha value is -0.363. The summed E-state index contributed by atoms with van der Waals surface area (Å²) < 4.78 is 15.4. The zero-order valence-corrected chi connectivity index (χ0v) is 9.30. The Balaban J connectivity index is 3.89. The van der Waals surface area contributed by atoms with E-state index >= 15 is 0 Å². The van der Waals surface area contributed by atoms with Gasteiger partial charge in [0.15, 0.2) is 0 Å². The molecule has 5 heteroatoms. The molecule has 0 aliphatic carbocycles. The van der Waals surface area contributed by atoms with Gasteiger partial charge in [0.1, 0.15) is 0 Å². The van der Waals surface area contributed by atoms with E-state index in [0.717, 1.165) is 5.70 Å². The van der Waals surface area contributed by atoms with Gasteiger partial charge in [-0.05, 0) is 13.8 Å². The minimum absolute atomic E-state index is 0.933. The van der Waals surface area contributed by atoms with Crippen molar-refractivity contribution in [3.8, 4) is 0 Å². The van der Waals surface area contributed by atoms with Crippen LogP contribution in [0.4, 0.5) is 0 Å². The van der Waals surface area contributed by atoms with Gasteiger partial charge in [-0.3, -0.25) is 10.0 Å². The maximum atomic E-state index is 5.26. The van der Waals surface area contributed by atoms with E-state index in [9.17, 15) is 0 Å². The lowest BCUT2D eigenvalue weighted by molar-refractivity contribution is 0.0667. The maximum absolute atomic E-state index is 5.26. The molecule has 0 heterocycles. The molecule has 0 aromatic heterocycles. The Kier molecular flexibility index (Phi) is 5.15. The van der Waals surface area contributed by atoms with Gasteiger partial charge in [-0.15, -0.1) is 0 Å². The van der Waals surface area contributed by atoms with Crippen LogP contribution in [-0.4, -0.2) is 23.0 Å². The molecular weight excluding hydrogens is 174 g/mol. The summed E-state index contributed by atoms with van der Waals surface area (Å²) >= 11 is 0. The van der Waals surface area contributed by atoms with Crippen LogP contribution in [0.15, 0.2) is 11.8 Å². The molecule has 0 amide bonds. The van der Waals surface area contributed by atoms with Crippen molar-refractivity contribution < 1.29 is 13.4 Å². The number of hydrogen-bond acceptors (Lipinski definition) is 4. The third-order valence-electron chi connectivity index (χ3n) is 1.57. The number of nitrogens with one attached hydrogen (secondary N) is 1. The van der Waals surface area contributed by atoms with Crippen molar-refractivity contribution in [1.82, 2.24) is 5.48 Å². The van der Waals surface area contributed by atoms with Crippen molar-refractivity contribution in [3.63, 3.8) is 0 Å². The Morgan fingerprint density at radius 2 is 1.83 bits per heavy atom. The first-order chi connectivity index (χ1) is 5.58. The van der Waals surface area contributed by atoms with Gasteiger partial charge in [0.25, 0.3) is 0 Å². The van der Waals surface area contributed by atoms with Gasteiger partial charge < -0.3 is 8.85 Å². The summed E-state index contributed by atoms with van der Waals surface area (Å²) in [5.74, 6) is 0. The van der Waals surface area contributed by atoms with Crippen LogP contribution in [0.25, 0.3) is 0 Å². The van der Waals surface area contributed by atoms with Crippen LogP contribution in [0.1, 0.15) is 13.8 Å². The molecule has 0 saturated carbocycles.